The largest absolute Gasteiger partial charge is 0.392 e. The van der Waals surface area contributed by atoms with Crippen molar-refractivity contribution in [2.24, 2.45) is 0 Å². The number of aliphatic hydroxyl groups is 1. The van der Waals surface area contributed by atoms with Crippen LogP contribution in [0.2, 0.25) is 0 Å². The van der Waals surface area contributed by atoms with Crippen molar-refractivity contribution in [3.63, 3.8) is 0 Å². The number of piperazine rings is 1. The summed E-state index contributed by atoms with van der Waals surface area (Å²) in [7, 11) is -3.77. The first-order chi connectivity index (χ1) is 19.4. The van der Waals surface area contributed by atoms with Crippen molar-refractivity contribution in [3.8, 4) is 11.3 Å². The number of thiazole rings is 1. The lowest BCUT2D eigenvalue weighted by Crippen LogP contribution is -2.50. The molecule has 210 valence electrons. The molecule has 2 saturated heterocycles. The summed E-state index contributed by atoms with van der Waals surface area (Å²) in [5.41, 5.74) is 3.63. The molecule has 0 bridgehead atoms. The molecule has 4 heterocycles. The van der Waals surface area contributed by atoms with Crippen LogP contribution in [-0.2, 0) is 29.5 Å². The number of imidazole rings is 1. The number of hydrogen-bond donors (Lipinski definition) is 2. The van der Waals surface area contributed by atoms with Gasteiger partial charge in [0, 0.05) is 50.9 Å². The fraction of sp³-hybridized carbons (Fsp3) is 0.357. The first-order valence-electron chi connectivity index (χ1n) is 13.3. The Balaban J connectivity index is 1.13. The summed E-state index contributed by atoms with van der Waals surface area (Å²) in [6.07, 6.45) is 6.11. The number of fused-ring (bicyclic) bond motifs is 1. The van der Waals surface area contributed by atoms with Crippen LogP contribution >= 0.6 is 11.3 Å². The first kappa shape index (κ1) is 27.0. The fourth-order valence-corrected chi connectivity index (χ4v) is 7.71. The van der Waals surface area contributed by atoms with Gasteiger partial charge in [-0.15, -0.1) is 0 Å². The smallest absolute Gasteiger partial charge is 0.252 e. The highest BCUT2D eigenvalue weighted by Crippen LogP contribution is 2.31. The fourth-order valence-electron chi connectivity index (χ4n) is 5.50. The van der Waals surface area contributed by atoms with Crippen LogP contribution in [0.15, 0.2) is 71.5 Å². The van der Waals surface area contributed by atoms with Crippen LogP contribution in [0.5, 0.6) is 0 Å². The van der Waals surface area contributed by atoms with E-state index in [1.165, 1.54) is 29.7 Å². The topological polar surface area (TPSA) is 104 Å². The number of rotatable bonds is 9. The highest BCUT2D eigenvalue weighted by molar-refractivity contribution is 7.91. The maximum absolute atomic E-state index is 13.3. The predicted octanol–water partition coefficient (Wildman–Crippen LogP) is 3.12. The van der Waals surface area contributed by atoms with Gasteiger partial charge in [0.2, 0.25) is 0 Å². The van der Waals surface area contributed by atoms with Crippen molar-refractivity contribution in [1.29, 1.82) is 0 Å². The second kappa shape index (κ2) is 11.4. The van der Waals surface area contributed by atoms with E-state index in [1.807, 2.05) is 28.8 Å². The average molecular weight is 583 g/mol. The Bertz CT molecular complexity index is 1570. The molecule has 2 N–H and O–H groups in total. The summed E-state index contributed by atoms with van der Waals surface area (Å²) in [4.78, 5) is 13.2. The number of aromatic nitrogens is 3. The lowest BCUT2D eigenvalue weighted by Gasteiger charge is -2.37. The molecule has 9 nitrogen and oxygen atoms in total. The molecule has 6 rings (SSSR count). The quantitative estimate of drug-likeness (QED) is 0.313. The normalized spacial score (nSPS) is 19.7. The summed E-state index contributed by atoms with van der Waals surface area (Å²) >= 11 is 1.17. The summed E-state index contributed by atoms with van der Waals surface area (Å²) in [5, 5.41) is 10.7. The van der Waals surface area contributed by atoms with Crippen molar-refractivity contribution in [2.45, 2.75) is 42.3 Å². The van der Waals surface area contributed by atoms with E-state index >= 15 is 0 Å². The Labute approximate surface area is 237 Å². The third-order valence-corrected chi connectivity index (χ3v) is 10.5. The molecular weight excluding hydrogens is 551 g/mol. The molecule has 0 radical (unpaired) electrons. The Kier molecular flexibility index (Phi) is 7.69. The van der Waals surface area contributed by atoms with Gasteiger partial charge in [0.1, 0.15) is 5.82 Å². The zero-order chi connectivity index (χ0) is 27.7. The van der Waals surface area contributed by atoms with E-state index in [2.05, 4.69) is 24.5 Å². The number of sulfonamides is 1. The molecule has 2 aromatic carbocycles. The van der Waals surface area contributed by atoms with Gasteiger partial charge in [-0.3, -0.25) is 4.90 Å². The molecule has 2 fully saturated rings. The number of benzene rings is 2. The van der Waals surface area contributed by atoms with Crippen LogP contribution in [0.25, 0.3) is 11.3 Å². The molecule has 12 heteroatoms. The van der Waals surface area contributed by atoms with Crippen LogP contribution < -0.4 is 9.62 Å². The molecule has 2 atom stereocenters. The van der Waals surface area contributed by atoms with Gasteiger partial charge in [-0.05, 0) is 36.1 Å². The molecule has 40 heavy (non-hydrogen) atoms. The van der Waals surface area contributed by atoms with Crippen molar-refractivity contribution >= 4 is 26.5 Å². The predicted molar refractivity (Wildman–Crippen MR) is 152 cm³/mol. The lowest BCUT2D eigenvalue weighted by atomic mass is 10.0. The van der Waals surface area contributed by atoms with E-state index in [9.17, 15) is 17.9 Å². The van der Waals surface area contributed by atoms with Gasteiger partial charge in [0.25, 0.3) is 10.0 Å². The number of nitrogens with one attached hydrogen (secondary N) is 1. The number of hydrogen-bond acceptors (Lipinski definition) is 8. The van der Waals surface area contributed by atoms with E-state index < -0.39 is 10.0 Å². The minimum absolute atomic E-state index is 0.119. The summed E-state index contributed by atoms with van der Waals surface area (Å²) < 4.78 is 44.7. The second-order valence-corrected chi connectivity index (χ2v) is 13.3. The number of halogens is 1. The van der Waals surface area contributed by atoms with Crippen molar-refractivity contribution in [3.05, 3.63) is 84.2 Å². The number of anilines is 1. The highest BCUT2D eigenvalue weighted by Gasteiger charge is 2.36. The Morgan fingerprint density at radius 2 is 1.90 bits per heavy atom. The monoisotopic (exact) mass is 582 g/mol. The minimum atomic E-state index is -3.77. The summed E-state index contributed by atoms with van der Waals surface area (Å²) in [5.74, 6) is -0.259. The van der Waals surface area contributed by atoms with Gasteiger partial charge in [0.05, 0.1) is 30.5 Å². The molecule has 2 aromatic heterocycles. The zero-order valence-corrected chi connectivity index (χ0v) is 23.5. The summed E-state index contributed by atoms with van der Waals surface area (Å²) in [6, 6.07) is 14.4. The van der Waals surface area contributed by atoms with Crippen LogP contribution in [0.3, 0.4) is 0 Å². The van der Waals surface area contributed by atoms with Gasteiger partial charge >= 0.3 is 0 Å². The number of aliphatic hydroxyl groups excluding tert-OH is 1. The van der Waals surface area contributed by atoms with Gasteiger partial charge in [-0.2, -0.15) is 0 Å². The van der Waals surface area contributed by atoms with E-state index in [4.69, 9.17) is 0 Å². The van der Waals surface area contributed by atoms with E-state index in [1.54, 1.807) is 24.7 Å². The zero-order valence-electron chi connectivity index (χ0n) is 21.9. The molecule has 2 aliphatic heterocycles. The third-order valence-electron chi connectivity index (χ3n) is 7.61. The molecule has 0 unspecified atom stereocenters. The molecule has 0 saturated carbocycles. The standard InChI is InChI=1S/C28H31FN6O3S2/c29-22-7-5-20(6-8-22)9-10-35-19-30-15-26(35)25-4-2-1-3-21(25)14-32-40(37,38)27-16-31-28(39-27)34-12-11-33-18-24(36)13-23(33)17-34/h1-8,15-16,19,23-24,32,36H,9-14,17-18H2/t23-,24+/m0/s1. The highest BCUT2D eigenvalue weighted by atomic mass is 32.2. The van der Waals surface area contributed by atoms with Gasteiger partial charge < -0.3 is 14.6 Å². The summed E-state index contributed by atoms with van der Waals surface area (Å²) in [6.45, 7) is 3.80. The molecule has 0 spiro atoms. The maximum Gasteiger partial charge on any atom is 0.252 e. The third kappa shape index (κ3) is 5.81. The van der Waals surface area contributed by atoms with Crippen LogP contribution in [-0.4, -0.2) is 71.3 Å². The van der Waals surface area contributed by atoms with Gasteiger partial charge in [0.15, 0.2) is 9.34 Å². The lowest BCUT2D eigenvalue weighted by molar-refractivity contribution is 0.173. The molecule has 0 amide bonds. The average Bonchev–Trinajstić information content (AvgIpc) is 3.71. The van der Waals surface area contributed by atoms with E-state index in [0.717, 1.165) is 48.4 Å². The van der Waals surface area contributed by atoms with Crippen LogP contribution in [0.1, 0.15) is 17.5 Å². The molecule has 0 aliphatic carbocycles. The molecule has 2 aliphatic rings. The maximum atomic E-state index is 13.3. The second-order valence-electron chi connectivity index (χ2n) is 10.3. The van der Waals surface area contributed by atoms with Gasteiger partial charge in [-0.1, -0.05) is 47.7 Å². The molecular formula is C28H31FN6O3S2. The minimum Gasteiger partial charge on any atom is -0.392 e. The van der Waals surface area contributed by atoms with E-state index in [-0.39, 0.29) is 28.7 Å². The Morgan fingerprint density at radius 1 is 1.07 bits per heavy atom. The van der Waals surface area contributed by atoms with Crippen molar-refractivity contribution in [1.82, 2.24) is 24.2 Å². The molecule has 4 aromatic rings. The van der Waals surface area contributed by atoms with Crippen LogP contribution in [0.4, 0.5) is 9.52 Å². The van der Waals surface area contributed by atoms with E-state index in [0.29, 0.717) is 24.6 Å². The van der Waals surface area contributed by atoms with Crippen LogP contribution in [0, 0.1) is 5.82 Å². The van der Waals surface area contributed by atoms with Crippen molar-refractivity contribution in [2.75, 3.05) is 31.1 Å². The van der Waals surface area contributed by atoms with Gasteiger partial charge in [-0.25, -0.2) is 27.5 Å². The number of nitrogens with zero attached hydrogens (tertiary/aromatic N) is 5. The number of aryl methyl sites for hydroxylation is 2. The SMILES string of the molecule is O=S(=O)(NCc1ccccc1-c1cncn1CCc1ccc(F)cc1)c1cnc(N2CCN3C[C@H](O)C[C@H]3C2)s1. The Hall–Kier alpha value is -3.16. The first-order valence-corrected chi connectivity index (χ1v) is 15.6. The Morgan fingerprint density at radius 3 is 2.75 bits per heavy atom. The van der Waals surface area contributed by atoms with Crippen molar-refractivity contribution < 1.29 is 17.9 Å².